The predicted molar refractivity (Wildman–Crippen MR) is 127 cm³/mol. The van der Waals surface area contributed by atoms with Crippen LogP contribution >= 0.6 is 0 Å². The minimum atomic E-state index is 0.0420. The normalized spacial score (nSPS) is 13.7. The number of hydrogen-bond donors (Lipinski definition) is 0. The summed E-state index contributed by atoms with van der Waals surface area (Å²) in [5, 5.41) is 4.01. The average Bonchev–Trinajstić information content (AvgIpc) is 3.37. The number of methoxy groups -OCH3 is 1. The number of aromatic nitrogens is 2. The molecule has 1 aliphatic rings. The second-order valence-corrected chi connectivity index (χ2v) is 8.34. The molecular weight excluding hydrogens is 432 g/mol. The van der Waals surface area contributed by atoms with Crippen molar-refractivity contribution in [3.05, 3.63) is 66.1 Å². The summed E-state index contributed by atoms with van der Waals surface area (Å²) in [5.41, 5.74) is 2.08. The Morgan fingerprint density at radius 3 is 2.18 bits per heavy atom. The van der Waals surface area contributed by atoms with Crippen molar-refractivity contribution in [2.24, 2.45) is 0 Å². The molecule has 1 fully saturated rings. The second-order valence-electron chi connectivity index (χ2n) is 8.34. The van der Waals surface area contributed by atoms with Gasteiger partial charge in [0.2, 0.25) is 23.5 Å². The fourth-order valence-corrected chi connectivity index (χ4v) is 4.04. The fraction of sp³-hybridized carbons (Fsp3) is 0.385. The lowest BCUT2D eigenvalue weighted by atomic mass is 10.1. The smallest absolute Gasteiger partial charge is 0.227 e. The minimum absolute atomic E-state index is 0.0420. The predicted octanol–water partition coefficient (Wildman–Crippen LogP) is 3.37. The number of carbonyl (C=O) groups is 2. The van der Waals surface area contributed by atoms with Gasteiger partial charge in [-0.15, -0.1) is 0 Å². The van der Waals surface area contributed by atoms with Crippen LogP contribution in [0.1, 0.15) is 30.7 Å². The first-order valence-corrected chi connectivity index (χ1v) is 11.7. The van der Waals surface area contributed by atoms with Crippen molar-refractivity contribution in [3.63, 3.8) is 0 Å². The molecule has 2 heterocycles. The van der Waals surface area contributed by atoms with Crippen molar-refractivity contribution < 1.29 is 18.8 Å². The number of amides is 2. The van der Waals surface area contributed by atoms with Crippen LogP contribution in [0.4, 0.5) is 0 Å². The molecule has 178 valence electrons. The van der Waals surface area contributed by atoms with E-state index in [4.69, 9.17) is 9.26 Å². The van der Waals surface area contributed by atoms with Gasteiger partial charge in [0.15, 0.2) is 0 Å². The number of piperazine rings is 1. The first-order valence-electron chi connectivity index (χ1n) is 11.7. The van der Waals surface area contributed by atoms with Crippen molar-refractivity contribution in [1.82, 2.24) is 19.9 Å². The number of rotatable bonds is 9. The highest BCUT2D eigenvalue weighted by atomic mass is 16.5. The highest BCUT2D eigenvalue weighted by Gasteiger charge is 2.24. The van der Waals surface area contributed by atoms with E-state index in [0.29, 0.717) is 57.2 Å². The summed E-state index contributed by atoms with van der Waals surface area (Å²) in [6, 6.07) is 17.6. The third kappa shape index (κ3) is 6.21. The van der Waals surface area contributed by atoms with Crippen LogP contribution in [0.3, 0.4) is 0 Å². The lowest BCUT2D eigenvalue weighted by Crippen LogP contribution is -2.50. The molecule has 2 aromatic carbocycles. The Balaban J connectivity index is 1.17. The summed E-state index contributed by atoms with van der Waals surface area (Å²) < 4.78 is 10.5. The van der Waals surface area contributed by atoms with E-state index in [-0.39, 0.29) is 11.8 Å². The molecule has 1 aliphatic heterocycles. The molecule has 4 rings (SSSR count). The molecule has 8 heteroatoms. The summed E-state index contributed by atoms with van der Waals surface area (Å²) in [7, 11) is 1.61. The molecule has 8 nitrogen and oxygen atoms in total. The Morgan fingerprint density at radius 1 is 0.882 bits per heavy atom. The molecule has 1 aromatic heterocycles. The topological polar surface area (TPSA) is 88.8 Å². The van der Waals surface area contributed by atoms with E-state index in [1.54, 1.807) is 7.11 Å². The monoisotopic (exact) mass is 462 g/mol. The number of nitrogens with zero attached hydrogens (tertiary/aromatic N) is 4. The zero-order chi connectivity index (χ0) is 23.8. The zero-order valence-electron chi connectivity index (χ0n) is 19.5. The van der Waals surface area contributed by atoms with Gasteiger partial charge >= 0.3 is 0 Å². The Kier molecular flexibility index (Phi) is 7.91. The van der Waals surface area contributed by atoms with Gasteiger partial charge in [-0.05, 0) is 42.7 Å². The van der Waals surface area contributed by atoms with Crippen LogP contribution in [0, 0.1) is 0 Å². The fourth-order valence-electron chi connectivity index (χ4n) is 4.04. The van der Waals surface area contributed by atoms with Gasteiger partial charge in [-0.2, -0.15) is 4.98 Å². The maximum atomic E-state index is 12.6. The van der Waals surface area contributed by atoms with E-state index in [0.717, 1.165) is 24.2 Å². The quantitative estimate of drug-likeness (QED) is 0.484. The van der Waals surface area contributed by atoms with Crippen LogP contribution in [0.5, 0.6) is 5.75 Å². The maximum absolute atomic E-state index is 12.6. The number of ether oxygens (including phenoxy) is 1. The number of aryl methyl sites for hydroxylation is 2. The summed E-state index contributed by atoms with van der Waals surface area (Å²) in [4.78, 5) is 33.2. The molecule has 0 unspecified atom stereocenters. The van der Waals surface area contributed by atoms with Crippen molar-refractivity contribution >= 4 is 11.8 Å². The third-order valence-corrected chi connectivity index (χ3v) is 6.05. The van der Waals surface area contributed by atoms with E-state index in [2.05, 4.69) is 22.3 Å². The molecule has 0 bridgehead atoms. The Morgan fingerprint density at radius 2 is 1.53 bits per heavy atom. The van der Waals surface area contributed by atoms with E-state index in [9.17, 15) is 9.59 Å². The Labute approximate surface area is 199 Å². The van der Waals surface area contributed by atoms with Gasteiger partial charge in [-0.25, -0.2) is 0 Å². The van der Waals surface area contributed by atoms with Gasteiger partial charge in [0.1, 0.15) is 5.75 Å². The molecule has 1 saturated heterocycles. The van der Waals surface area contributed by atoms with E-state index >= 15 is 0 Å². The molecule has 34 heavy (non-hydrogen) atoms. The SMILES string of the molecule is COc1ccc(-c2noc(CCC(=O)N3CCN(C(=O)CCCc4ccccc4)CC3)n2)cc1. The van der Waals surface area contributed by atoms with Gasteiger partial charge < -0.3 is 19.1 Å². The summed E-state index contributed by atoms with van der Waals surface area (Å²) in [6.45, 7) is 2.28. The summed E-state index contributed by atoms with van der Waals surface area (Å²) in [6.07, 6.45) is 2.97. The van der Waals surface area contributed by atoms with Crippen molar-refractivity contribution in [2.45, 2.75) is 32.1 Å². The lowest BCUT2D eigenvalue weighted by molar-refractivity contribution is -0.139. The molecule has 0 saturated carbocycles. The molecule has 0 spiro atoms. The first-order chi connectivity index (χ1) is 16.6. The van der Waals surface area contributed by atoms with Crippen LogP contribution in [0.25, 0.3) is 11.4 Å². The number of benzene rings is 2. The lowest BCUT2D eigenvalue weighted by Gasteiger charge is -2.35. The number of hydrogen-bond acceptors (Lipinski definition) is 6. The third-order valence-electron chi connectivity index (χ3n) is 6.05. The van der Waals surface area contributed by atoms with Crippen molar-refractivity contribution in [2.75, 3.05) is 33.3 Å². The van der Waals surface area contributed by atoms with E-state index in [1.807, 2.05) is 52.3 Å². The first kappa shape index (κ1) is 23.5. The van der Waals surface area contributed by atoms with Crippen molar-refractivity contribution in [3.8, 4) is 17.1 Å². The molecular formula is C26H30N4O4. The Bertz CT molecular complexity index is 1070. The molecule has 0 aliphatic carbocycles. The summed E-state index contributed by atoms with van der Waals surface area (Å²) >= 11 is 0. The van der Waals surface area contributed by atoms with Gasteiger partial charge in [0.25, 0.3) is 0 Å². The van der Waals surface area contributed by atoms with Crippen LogP contribution in [-0.2, 0) is 22.4 Å². The van der Waals surface area contributed by atoms with Crippen molar-refractivity contribution in [1.29, 1.82) is 0 Å². The van der Waals surface area contributed by atoms with E-state index in [1.165, 1.54) is 5.56 Å². The van der Waals surface area contributed by atoms with Gasteiger partial charge in [0, 0.05) is 51.0 Å². The number of carbonyl (C=O) groups excluding carboxylic acids is 2. The average molecular weight is 463 g/mol. The second kappa shape index (κ2) is 11.4. The van der Waals surface area contributed by atoms with E-state index < -0.39 is 0 Å². The zero-order valence-corrected chi connectivity index (χ0v) is 19.5. The molecule has 0 radical (unpaired) electrons. The minimum Gasteiger partial charge on any atom is -0.497 e. The highest BCUT2D eigenvalue weighted by molar-refractivity contribution is 5.78. The van der Waals surface area contributed by atoms with Gasteiger partial charge in [0.05, 0.1) is 7.11 Å². The van der Waals surface area contributed by atoms with Crippen LogP contribution in [-0.4, -0.2) is 65.0 Å². The molecule has 3 aromatic rings. The maximum Gasteiger partial charge on any atom is 0.227 e. The molecule has 0 atom stereocenters. The molecule has 2 amide bonds. The van der Waals surface area contributed by atoms with Crippen LogP contribution in [0.2, 0.25) is 0 Å². The van der Waals surface area contributed by atoms with Crippen LogP contribution < -0.4 is 4.74 Å². The largest absolute Gasteiger partial charge is 0.497 e. The summed E-state index contributed by atoms with van der Waals surface area (Å²) in [5.74, 6) is 1.89. The van der Waals surface area contributed by atoms with Gasteiger partial charge in [-0.1, -0.05) is 35.5 Å². The Hall–Kier alpha value is -3.68. The highest BCUT2D eigenvalue weighted by Crippen LogP contribution is 2.20. The van der Waals surface area contributed by atoms with Gasteiger partial charge in [-0.3, -0.25) is 9.59 Å². The van der Waals surface area contributed by atoms with Crippen LogP contribution in [0.15, 0.2) is 59.1 Å². The molecule has 0 N–H and O–H groups in total. The standard InChI is InChI=1S/C26H30N4O4/c1-33-22-12-10-21(11-13-22)26-27-23(34-28-26)14-15-25(32)30-18-16-29(17-19-30)24(31)9-5-8-20-6-3-2-4-7-20/h2-4,6-7,10-13H,5,8-9,14-19H2,1H3.